The van der Waals surface area contributed by atoms with Gasteiger partial charge in [-0.1, -0.05) is 57.2 Å². The van der Waals surface area contributed by atoms with E-state index in [1.54, 1.807) is 0 Å². The van der Waals surface area contributed by atoms with Gasteiger partial charge in [0, 0.05) is 0 Å². The number of aryl methyl sites for hydroxylation is 2. The molecule has 0 aliphatic rings. The zero-order chi connectivity index (χ0) is 18.6. The second-order valence-electron chi connectivity index (χ2n) is 7.67. The zero-order valence-electron chi connectivity index (χ0n) is 16.1. The van der Waals surface area contributed by atoms with E-state index < -0.39 is 0 Å². The van der Waals surface area contributed by atoms with E-state index in [9.17, 15) is 4.79 Å². The predicted molar refractivity (Wildman–Crippen MR) is 103 cm³/mol. The van der Waals surface area contributed by atoms with Gasteiger partial charge in [-0.3, -0.25) is 4.79 Å². The Hall–Kier alpha value is -2.29. The number of carbonyl (C=O) groups excluding carboxylic acids is 1. The van der Waals surface area contributed by atoms with Gasteiger partial charge in [0.05, 0.1) is 6.04 Å². The highest BCUT2D eigenvalue weighted by Gasteiger charge is 2.19. The van der Waals surface area contributed by atoms with Gasteiger partial charge in [-0.05, 0) is 54.5 Å². The first-order valence-electron chi connectivity index (χ1n) is 8.77. The number of para-hydroxylation sites is 1. The number of ether oxygens (including phenoxy) is 1. The van der Waals surface area contributed by atoms with Gasteiger partial charge >= 0.3 is 0 Å². The Morgan fingerprint density at radius 1 is 1.08 bits per heavy atom. The van der Waals surface area contributed by atoms with Crippen LogP contribution in [0.15, 0.2) is 42.5 Å². The Balaban J connectivity index is 1.98. The molecule has 2 rings (SSSR count). The van der Waals surface area contributed by atoms with Gasteiger partial charge in [0.15, 0.2) is 6.61 Å². The second kappa shape index (κ2) is 7.73. The van der Waals surface area contributed by atoms with Crippen LogP contribution in [0.25, 0.3) is 0 Å². The van der Waals surface area contributed by atoms with Gasteiger partial charge in [0.25, 0.3) is 5.91 Å². The normalized spacial score (nSPS) is 12.6. The highest BCUT2D eigenvalue weighted by Crippen LogP contribution is 2.30. The molecular formula is C22H29NO2. The maximum Gasteiger partial charge on any atom is 0.258 e. The summed E-state index contributed by atoms with van der Waals surface area (Å²) in [4.78, 5) is 12.3. The first-order valence-corrected chi connectivity index (χ1v) is 8.77. The zero-order valence-corrected chi connectivity index (χ0v) is 16.1. The molecule has 1 amide bonds. The van der Waals surface area contributed by atoms with Crippen molar-refractivity contribution in [3.63, 3.8) is 0 Å². The highest BCUT2D eigenvalue weighted by molar-refractivity contribution is 5.78. The van der Waals surface area contributed by atoms with Crippen LogP contribution < -0.4 is 10.1 Å². The number of nitrogens with one attached hydrogen (secondary N) is 1. The summed E-state index contributed by atoms with van der Waals surface area (Å²) in [6.07, 6.45) is 0. The van der Waals surface area contributed by atoms with E-state index in [-0.39, 0.29) is 24.0 Å². The minimum atomic E-state index is -0.116. The molecule has 3 nitrogen and oxygen atoms in total. The highest BCUT2D eigenvalue weighted by atomic mass is 16.5. The SMILES string of the molecule is Cc1ccc(C(C)NC(=O)COc2ccccc2C(C)(C)C)cc1C. The van der Waals surface area contributed by atoms with Crippen molar-refractivity contribution < 1.29 is 9.53 Å². The van der Waals surface area contributed by atoms with Crippen LogP contribution in [0, 0.1) is 13.8 Å². The van der Waals surface area contributed by atoms with Crippen LogP contribution in [0.1, 0.15) is 56.0 Å². The summed E-state index contributed by atoms with van der Waals surface area (Å²) in [5.74, 6) is 0.651. The molecule has 0 spiro atoms. The summed E-state index contributed by atoms with van der Waals surface area (Å²) < 4.78 is 5.79. The lowest BCUT2D eigenvalue weighted by Gasteiger charge is -2.23. The van der Waals surface area contributed by atoms with E-state index in [0.29, 0.717) is 0 Å². The fraction of sp³-hybridized carbons (Fsp3) is 0.409. The van der Waals surface area contributed by atoms with Gasteiger partial charge in [-0.2, -0.15) is 0 Å². The molecule has 0 bridgehead atoms. The van der Waals surface area contributed by atoms with E-state index in [4.69, 9.17) is 4.74 Å². The number of amides is 1. The van der Waals surface area contributed by atoms with Crippen LogP contribution in [0.3, 0.4) is 0 Å². The molecule has 0 radical (unpaired) electrons. The first kappa shape index (κ1) is 19.0. The summed E-state index contributed by atoms with van der Waals surface area (Å²) >= 11 is 0. The lowest BCUT2D eigenvalue weighted by Crippen LogP contribution is -2.31. The van der Waals surface area contributed by atoms with Crippen LogP contribution in [-0.2, 0) is 10.2 Å². The third kappa shape index (κ3) is 5.09. The average Bonchev–Trinajstić information content (AvgIpc) is 2.54. The molecule has 1 unspecified atom stereocenters. The summed E-state index contributed by atoms with van der Waals surface area (Å²) in [5, 5.41) is 3.01. The molecular weight excluding hydrogens is 310 g/mol. The Kier molecular flexibility index (Phi) is 5.89. The van der Waals surface area contributed by atoms with Crippen molar-refractivity contribution in [3.05, 3.63) is 64.7 Å². The molecule has 0 heterocycles. The number of hydrogen-bond donors (Lipinski definition) is 1. The summed E-state index contributed by atoms with van der Waals surface area (Å²) in [7, 11) is 0. The van der Waals surface area contributed by atoms with E-state index in [1.165, 1.54) is 11.1 Å². The molecule has 3 heteroatoms. The van der Waals surface area contributed by atoms with E-state index in [0.717, 1.165) is 16.9 Å². The average molecular weight is 339 g/mol. The quantitative estimate of drug-likeness (QED) is 0.845. The van der Waals surface area contributed by atoms with Crippen LogP contribution in [0.5, 0.6) is 5.75 Å². The number of rotatable bonds is 5. The molecule has 0 aromatic heterocycles. The van der Waals surface area contributed by atoms with Gasteiger partial charge < -0.3 is 10.1 Å². The van der Waals surface area contributed by atoms with Gasteiger partial charge in [-0.15, -0.1) is 0 Å². The Bertz CT molecular complexity index is 744. The predicted octanol–water partition coefficient (Wildman–Crippen LogP) is 4.86. The minimum Gasteiger partial charge on any atom is -0.483 e. The molecule has 0 aliphatic heterocycles. The Morgan fingerprint density at radius 2 is 1.76 bits per heavy atom. The van der Waals surface area contributed by atoms with E-state index >= 15 is 0 Å². The van der Waals surface area contributed by atoms with Crippen LogP contribution in [0.2, 0.25) is 0 Å². The summed E-state index contributed by atoms with van der Waals surface area (Å²) in [6.45, 7) is 12.6. The van der Waals surface area contributed by atoms with Crippen molar-refractivity contribution >= 4 is 5.91 Å². The molecule has 0 fully saturated rings. The molecule has 1 atom stereocenters. The minimum absolute atomic E-state index is 0.0161. The van der Waals surface area contributed by atoms with Crippen molar-refractivity contribution in [2.24, 2.45) is 0 Å². The topological polar surface area (TPSA) is 38.3 Å². The lowest BCUT2D eigenvalue weighted by atomic mass is 9.86. The molecule has 134 valence electrons. The monoisotopic (exact) mass is 339 g/mol. The smallest absolute Gasteiger partial charge is 0.258 e. The van der Waals surface area contributed by atoms with Crippen molar-refractivity contribution in [3.8, 4) is 5.75 Å². The Labute approximate surface area is 151 Å². The number of carbonyl (C=O) groups is 1. The van der Waals surface area contributed by atoms with Crippen LogP contribution in [-0.4, -0.2) is 12.5 Å². The summed E-state index contributed by atoms with van der Waals surface area (Å²) in [6, 6.07) is 14.1. The third-order valence-corrected chi connectivity index (χ3v) is 4.46. The standard InChI is InChI=1S/C22H29NO2/c1-15-11-12-18(13-16(15)2)17(3)23-21(24)14-25-20-10-8-7-9-19(20)22(4,5)6/h7-13,17H,14H2,1-6H3,(H,23,24). The number of hydrogen-bond acceptors (Lipinski definition) is 2. The first-order chi connectivity index (χ1) is 11.7. The molecule has 2 aromatic rings. The summed E-state index contributed by atoms with van der Waals surface area (Å²) in [5.41, 5.74) is 4.66. The fourth-order valence-electron chi connectivity index (χ4n) is 2.76. The maximum atomic E-state index is 12.3. The fourth-order valence-corrected chi connectivity index (χ4v) is 2.76. The molecule has 0 saturated heterocycles. The van der Waals surface area contributed by atoms with Crippen molar-refractivity contribution in [1.82, 2.24) is 5.32 Å². The third-order valence-electron chi connectivity index (χ3n) is 4.46. The van der Waals surface area contributed by atoms with Gasteiger partial charge in [0.1, 0.15) is 5.75 Å². The molecule has 0 saturated carbocycles. The second-order valence-corrected chi connectivity index (χ2v) is 7.67. The van der Waals surface area contributed by atoms with E-state index in [1.807, 2.05) is 31.2 Å². The van der Waals surface area contributed by atoms with Crippen LogP contribution in [0.4, 0.5) is 0 Å². The van der Waals surface area contributed by atoms with Crippen LogP contribution >= 0.6 is 0 Å². The van der Waals surface area contributed by atoms with Crippen molar-refractivity contribution in [2.45, 2.75) is 53.0 Å². The Morgan fingerprint density at radius 3 is 2.40 bits per heavy atom. The maximum absolute atomic E-state index is 12.3. The van der Waals surface area contributed by atoms with E-state index in [2.05, 4.69) is 58.1 Å². The molecule has 1 N–H and O–H groups in total. The lowest BCUT2D eigenvalue weighted by molar-refractivity contribution is -0.123. The number of benzene rings is 2. The van der Waals surface area contributed by atoms with Crippen molar-refractivity contribution in [2.75, 3.05) is 6.61 Å². The van der Waals surface area contributed by atoms with Crippen molar-refractivity contribution in [1.29, 1.82) is 0 Å². The van der Waals surface area contributed by atoms with Gasteiger partial charge in [-0.25, -0.2) is 0 Å². The molecule has 0 aliphatic carbocycles. The molecule has 25 heavy (non-hydrogen) atoms. The largest absolute Gasteiger partial charge is 0.483 e. The molecule has 2 aromatic carbocycles. The van der Waals surface area contributed by atoms with Gasteiger partial charge in [0.2, 0.25) is 0 Å².